The Kier molecular flexibility index (Phi) is 4.88. The predicted octanol–water partition coefficient (Wildman–Crippen LogP) is 1.12. The average molecular weight is 268 g/mol. The van der Waals surface area contributed by atoms with Crippen molar-refractivity contribution in [1.29, 1.82) is 0 Å². The Hall–Kier alpha value is -0.270. The van der Waals surface area contributed by atoms with Crippen LogP contribution in [0.5, 0.6) is 0 Å². The van der Waals surface area contributed by atoms with Crippen molar-refractivity contribution in [2.75, 3.05) is 11.5 Å². The van der Waals surface area contributed by atoms with E-state index >= 15 is 0 Å². The van der Waals surface area contributed by atoms with E-state index in [4.69, 9.17) is 17.3 Å². The van der Waals surface area contributed by atoms with E-state index in [9.17, 15) is 0 Å². The van der Waals surface area contributed by atoms with Gasteiger partial charge in [0.1, 0.15) is 0 Å². The van der Waals surface area contributed by atoms with Crippen LogP contribution in [0.2, 0.25) is 0 Å². The minimum atomic E-state index is -0.933. The summed E-state index contributed by atoms with van der Waals surface area (Å²) >= 11 is 9.16. The summed E-state index contributed by atoms with van der Waals surface area (Å²) in [4.78, 5) is 8.04. The number of thioether (sulfide) groups is 1. The lowest BCUT2D eigenvalue weighted by molar-refractivity contribution is 0.756. The number of guanidine groups is 2. The molecule has 0 spiro atoms. The second-order valence-corrected chi connectivity index (χ2v) is 5.88. The van der Waals surface area contributed by atoms with E-state index in [0.29, 0.717) is 5.96 Å². The van der Waals surface area contributed by atoms with Crippen molar-refractivity contribution in [3.8, 4) is 0 Å². The van der Waals surface area contributed by atoms with Gasteiger partial charge in [0, 0.05) is 5.75 Å². The number of aliphatic imine (C=N–C) groups is 2. The number of alkyl halides is 1. The first kappa shape index (κ1) is 12.8. The molecule has 0 aliphatic carbocycles. The molecule has 0 saturated heterocycles. The fraction of sp³-hybridized carbons (Fsp3) is 0.714. The maximum atomic E-state index is 6.20. The van der Waals surface area contributed by atoms with Gasteiger partial charge in [0.15, 0.2) is 0 Å². The first-order chi connectivity index (χ1) is 7.09. The molecule has 1 aliphatic heterocycles. The summed E-state index contributed by atoms with van der Waals surface area (Å²) in [6.45, 7) is 4.04. The van der Waals surface area contributed by atoms with Gasteiger partial charge in [-0.2, -0.15) is 9.98 Å². The molecule has 1 heterocycles. The van der Waals surface area contributed by atoms with Crippen molar-refractivity contribution in [3.05, 3.63) is 0 Å². The molecule has 5 nitrogen and oxygen atoms in total. The quantitative estimate of drug-likeness (QED) is 0.404. The Morgan fingerprint density at radius 2 is 2.27 bits per heavy atom. The Bertz CT molecular complexity index is 283. The molecule has 1 aliphatic rings. The monoisotopic (exact) mass is 267 g/mol. The Morgan fingerprint density at radius 1 is 1.53 bits per heavy atom. The minimum Gasteiger partial charge on any atom is -0.368 e. The minimum absolute atomic E-state index is 0.184. The zero-order valence-corrected chi connectivity index (χ0v) is 11.0. The highest BCUT2D eigenvalue weighted by molar-refractivity contribution is 8.01. The smallest absolute Gasteiger partial charge is 0.261 e. The van der Waals surface area contributed by atoms with Crippen LogP contribution < -0.4 is 15.8 Å². The normalized spacial score (nSPS) is 25.3. The molecule has 0 saturated carbocycles. The van der Waals surface area contributed by atoms with Crippen molar-refractivity contribution in [2.45, 2.75) is 18.3 Å². The summed E-state index contributed by atoms with van der Waals surface area (Å²) in [6.07, 6.45) is 0. The van der Waals surface area contributed by atoms with Crippen LogP contribution in [0.4, 0.5) is 0 Å². The van der Waals surface area contributed by atoms with Crippen LogP contribution in [0, 0.1) is 0 Å². The van der Waals surface area contributed by atoms with E-state index in [2.05, 4.69) is 20.0 Å². The van der Waals surface area contributed by atoms with Crippen LogP contribution in [0.25, 0.3) is 0 Å². The van der Waals surface area contributed by atoms with Crippen molar-refractivity contribution >= 4 is 47.2 Å². The van der Waals surface area contributed by atoms with Gasteiger partial charge in [0.2, 0.25) is 11.9 Å². The zero-order chi connectivity index (χ0) is 11.3. The van der Waals surface area contributed by atoms with E-state index in [1.54, 1.807) is 0 Å². The number of nitrogens with two attached hydrogens (primary N) is 1. The molecule has 0 aromatic carbocycles. The average Bonchev–Trinajstić information content (AvgIpc) is 2.13. The van der Waals surface area contributed by atoms with Gasteiger partial charge < -0.3 is 11.1 Å². The van der Waals surface area contributed by atoms with Crippen LogP contribution >= 0.6 is 35.3 Å². The maximum absolute atomic E-state index is 6.20. The fourth-order valence-electron chi connectivity index (χ4n) is 0.937. The Morgan fingerprint density at radius 3 is 2.87 bits per heavy atom. The molecule has 0 aromatic heterocycles. The summed E-state index contributed by atoms with van der Waals surface area (Å²) in [5.41, 5.74) is 5.58. The van der Waals surface area contributed by atoms with Crippen LogP contribution in [0.15, 0.2) is 9.98 Å². The third kappa shape index (κ3) is 4.00. The number of hydrogen-bond donors (Lipinski definition) is 3. The SMILES string of the molecule is CCSNC1=NC(N)=NC(Cl)(SCC)N1. The lowest BCUT2D eigenvalue weighted by Gasteiger charge is -2.27. The Labute approximate surface area is 103 Å². The molecule has 15 heavy (non-hydrogen) atoms. The topological polar surface area (TPSA) is 74.8 Å². The van der Waals surface area contributed by atoms with Crippen LogP contribution in [0.3, 0.4) is 0 Å². The molecule has 0 bridgehead atoms. The summed E-state index contributed by atoms with van der Waals surface area (Å²) < 4.78 is 2.08. The molecule has 1 rings (SSSR count). The molecule has 8 heteroatoms. The largest absolute Gasteiger partial charge is 0.368 e. The van der Waals surface area contributed by atoms with Crippen molar-refractivity contribution < 1.29 is 0 Å². The lowest BCUT2D eigenvalue weighted by atomic mass is 10.8. The fourth-order valence-corrected chi connectivity index (χ4v) is 2.53. The summed E-state index contributed by atoms with van der Waals surface area (Å²) in [5, 5.41) is 2.97. The van der Waals surface area contributed by atoms with E-state index in [-0.39, 0.29) is 5.96 Å². The number of halogens is 1. The molecule has 0 radical (unpaired) electrons. The predicted molar refractivity (Wildman–Crippen MR) is 70.2 cm³/mol. The van der Waals surface area contributed by atoms with Gasteiger partial charge in [-0.25, -0.2) is 0 Å². The summed E-state index contributed by atoms with van der Waals surface area (Å²) in [7, 11) is 0. The molecule has 0 amide bonds. The standard InChI is InChI=1S/C7H14ClN5S2/c1-3-14-7(8)11-5(9)10-6(12-7)13-15-4-2/h3-4H2,1-2H3,(H4,9,10,11,12,13). The van der Waals surface area contributed by atoms with Crippen LogP contribution in [-0.4, -0.2) is 27.9 Å². The lowest BCUT2D eigenvalue weighted by Crippen LogP contribution is -2.49. The first-order valence-corrected chi connectivity index (χ1v) is 6.87. The van der Waals surface area contributed by atoms with Crippen molar-refractivity contribution in [1.82, 2.24) is 10.0 Å². The van der Waals surface area contributed by atoms with E-state index < -0.39 is 4.45 Å². The highest BCUT2D eigenvalue weighted by Gasteiger charge is 2.31. The molecule has 1 unspecified atom stereocenters. The third-order valence-electron chi connectivity index (χ3n) is 1.41. The van der Waals surface area contributed by atoms with E-state index in [1.807, 2.05) is 13.8 Å². The molecular formula is C7H14ClN5S2. The van der Waals surface area contributed by atoms with Gasteiger partial charge in [-0.3, -0.25) is 4.72 Å². The molecular weight excluding hydrogens is 254 g/mol. The van der Waals surface area contributed by atoms with Crippen molar-refractivity contribution in [2.24, 2.45) is 15.7 Å². The number of rotatable bonds is 4. The van der Waals surface area contributed by atoms with Gasteiger partial charge in [-0.15, -0.1) is 0 Å². The second kappa shape index (κ2) is 5.72. The van der Waals surface area contributed by atoms with Gasteiger partial charge in [0.25, 0.3) is 4.45 Å². The van der Waals surface area contributed by atoms with E-state index in [1.165, 1.54) is 23.7 Å². The van der Waals surface area contributed by atoms with E-state index in [0.717, 1.165) is 11.5 Å². The number of hydrogen-bond acceptors (Lipinski definition) is 7. The van der Waals surface area contributed by atoms with Crippen molar-refractivity contribution in [3.63, 3.8) is 0 Å². The van der Waals surface area contributed by atoms with Gasteiger partial charge in [-0.05, 0) is 5.75 Å². The maximum Gasteiger partial charge on any atom is 0.261 e. The number of nitrogens with zero attached hydrogens (tertiary/aromatic N) is 2. The molecule has 86 valence electrons. The van der Waals surface area contributed by atoms with Crippen LogP contribution in [-0.2, 0) is 0 Å². The third-order valence-corrected chi connectivity index (χ3v) is 3.40. The molecule has 0 aromatic rings. The van der Waals surface area contributed by atoms with Crippen LogP contribution in [0.1, 0.15) is 13.8 Å². The Balaban J connectivity index is 2.66. The van der Waals surface area contributed by atoms with Gasteiger partial charge >= 0.3 is 0 Å². The number of nitrogens with one attached hydrogen (secondary N) is 2. The molecule has 4 N–H and O–H groups in total. The second-order valence-electron chi connectivity index (χ2n) is 2.58. The van der Waals surface area contributed by atoms with Gasteiger partial charge in [0.05, 0.1) is 0 Å². The molecule has 0 fully saturated rings. The summed E-state index contributed by atoms with van der Waals surface area (Å²) in [5.74, 6) is 2.49. The highest BCUT2D eigenvalue weighted by Crippen LogP contribution is 2.29. The zero-order valence-electron chi connectivity index (χ0n) is 8.58. The van der Waals surface area contributed by atoms with Gasteiger partial charge in [-0.1, -0.05) is 49.2 Å². The first-order valence-electron chi connectivity index (χ1n) is 4.52. The highest BCUT2D eigenvalue weighted by atomic mass is 35.5. The molecule has 1 atom stereocenters. The summed E-state index contributed by atoms with van der Waals surface area (Å²) in [6, 6.07) is 0.